The van der Waals surface area contributed by atoms with Crippen LogP contribution in [-0.4, -0.2) is 35.8 Å². The lowest BCUT2D eigenvalue weighted by atomic mass is 10.2. The summed E-state index contributed by atoms with van der Waals surface area (Å²) in [7, 11) is 1.73. The number of amides is 1. The highest BCUT2D eigenvalue weighted by Crippen LogP contribution is 2.39. The molecule has 3 aromatic heterocycles. The molecule has 0 unspecified atom stereocenters. The van der Waals surface area contributed by atoms with Gasteiger partial charge in [-0.3, -0.25) is 19.6 Å². The maximum absolute atomic E-state index is 14.2. The summed E-state index contributed by atoms with van der Waals surface area (Å²) in [6, 6.07) is 12.3. The van der Waals surface area contributed by atoms with Crippen LogP contribution in [0.4, 0.5) is 10.1 Å². The molecular formula is C26H27FN4O3S. The fraction of sp³-hybridized carbons (Fsp3) is 0.231. The zero-order valence-electron chi connectivity index (χ0n) is 19.7. The standard InChI is InChI=1S/C20H14FN3O2S.C4H7NO.C2H6/c1-22-13-3-5-17(14(21)8-13)26-18-6-7-23-16-9-19(27-20(16)18)15-4-2-12(11-25)10-24-15;6-3-5-4-1-2-4;1-2/h2-11,22H,1H3;3-4H,1-2H2,(H,5,6);1-2H3. The molecule has 0 atom stereocenters. The van der Waals surface area contributed by atoms with Crippen molar-refractivity contribution < 1.29 is 18.7 Å². The molecule has 1 aliphatic carbocycles. The molecule has 0 aliphatic heterocycles. The molecule has 7 nitrogen and oxygen atoms in total. The fourth-order valence-electron chi connectivity index (χ4n) is 2.95. The van der Waals surface area contributed by atoms with Crippen LogP contribution in [0.15, 0.2) is 54.9 Å². The van der Waals surface area contributed by atoms with E-state index in [1.807, 2.05) is 19.9 Å². The number of hydrogen-bond acceptors (Lipinski definition) is 7. The topological polar surface area (TPSA) is 93.2 Å². The number of nitrogens with zero attached hydrogens (tertiary/aromatic N) is 2. The van der Waals surface area contributed by atoms with Gasteiger partial charge in [-0.1, -0.05) is 13.8 Å². The van der Waals surface area contributed by atoms with Gasteiger partial charge in [0.25, 0.3) is 0 Å². The number of halogens is 1. The van der Waals surface area contributed by atoms with E-state index in [1.165, 1.54) is 36.4 Å². The monoisotopic (exact) mass is 494 g/mol. The van der Waals surface area contributed by atoms with Gasteiger partial charge >= 0.3 is 0 Å². The van der Waals surface area contributed by atoms with Crippen molar-refractivity contribution >= 4 is 39.9 Å². The largest absolute Gasteiger partial charge is 0.453 e. The van der Waals surface area contributed by atoms with Gasteiger partial charge < -0.3 is 15.4 Å². The highest BCUT2D eigenvalue weighted by molar-refractivity contribution is 7.22. The van der Waals surface area contributed by atoms with Crippen LogP contribution in [0.1, 0.15) is 37.0 Å². The molecule has 0 radical (unpaired) electrons. The van der Waals surface area contributed by atoms with Crippen LogP contribution in [0.2, 0.25) is 0 Å². The van der Waals surface area contributed by atoms with Gasteiger partial charge in [0.1, 0.15) is 5.75 Å². The summed E-state index contributed by atoms with van der Waals surface area (Å²) in [6.45, 7) is 4.00. The molecule has 1 amide bonds. The van der Waals surface area contributed by atoms with Crippen LogP contribution < -0.4 is 15.4 Å². The number of rotatable bonds is 7. The Kier molecular flexibility index (Phi) is 9.25. The number of carbonyl (C=O) groups is 2. The summed E-state index contributed by atoms with van der Waals surface area (Å²) in [5.41, 5.74) is 2.66. The molecule has 3 heterocycles. The van der Waals surface area contributed by atoms with Gasteiger partial charge in [0, 0.05) is 48.9 Å². The number of thiophene rings is 1. The van der Waals surface area contributed by atoms with Crippen molar-refractivity contribution in [1.82, 2.24) is 15.3 Å². The first-order valence-electron chi connectivity index (χ1n) is 11.3. The summed E-state index contributed by atoms with van der Waals surface area (Å²) >= 11 is 1.45. The fourth-order valence-corrected chi connectivity index (χ4v) is 3.99. The molecule has 4 aromatic rings. The van der Waals surface area contributed by atoms with E-state index in [0.29, 0.717) is 23.0 Å². The maximum Gasteiger partial charge on any atom is 0.207 e. The molecule has 2 N–H and O–H groups in total. The van der Waals surface area contributed by atoms with Crippen molar-refractivity contribution in [2.45, 2.75) is 32.7 Å². The first-order valence-corrected chi connectivity index (χ1v) is 12.1. The number of benzene rings is 1. The Morgan fingerprint density at radius 2 is 1.86 bits per heavy atom. The van der Waals surface area contributed by atoms with Gasteiger partial charge in [-0.05, 0) is 43.2 Å². The van der Waals surface area contributed by atoms with E-state index in [-0.39, 0.29) is 5.75 Å². The average Bonchev–Trinajstić information content (AvgIpc) is 3.61. The van der Waals surface area contributed by atoms with E-state index in [9.17, 15) is 14.0 Å². The number of aromatic nitrogens is 2. The minimum Gasteiger partial charge on any atom is -0.453 e. The van der Waals surface area contributed by atoms with Crippen molar-refractivity contribution in [3.05, 3.63) is 66.2 Å². The Labute approximate surface area is 207 Å². The Bertz CT molecular complexity index is 1270. The predicted octanol–water partition coefficient (Wildman–Crippen LogP) is 6.06. The van der Waals surface area contributed by atoms with E-state index < -0.39 is 5.82 Å². The number of aldehydes is 1. The second kappa shape index (κ2) is 12.6. The molecule has 5 rings (SSSR count). The summed E-state index contributed by atoms with van der Waals surface area (Å²) in [4.78, 5) is 29.9. The molecule has 1 aromatic carbocycles. The van der Waals surface area contributed by atoms with Gasteiger partial charge in [-0.25, -0.2) is 4.39 Å². The lowest BCUT2D eigenvalue weighted by Gasteiger charge is -2.08. The zero-order chi connectivity index (χ0) is 25.2. The van der Waals surface area contributed by atoms with Crippen LogP contribution in [0.5, 0.6) is 11.5 Å². The second-order valence-electron chi connectivity index (χ2n) is 7.28. The van der Waals surface area contributed by atoms with Crippen molar-refractivity contribution in [3.63, 3.8) is 0 Å². The predicted molar refractivity (Wildman–Crippen MR) is 138 cm³/mol. The molecule has 1 saturated carbocycles. The Morgan fingerprint density at radius 3 is 2.43 bits per heavy atom. The normalized spacial score (nSPS) is 11.9. The van der Waals surface area contributed by atoms with Crippen LogP contribution in [-0.2, 0) is 4.79 Å². The first kappa shape index (κ1) is 25.8. The van der Waals surface area contributed by atoms with Crippen LogP contribution >= 0.6 is 11.3 Å². The molecule has 0 saturated heterocycles. The number of carbonyl (C=O) groups excluding carboxylic acids is 2. The number of fused-ring (bicyclic) bond motifs is 1. The van der Waals surface area contributed by atoms with E-state index in [4.69, 9.17) is 4.74 Å². The zero-order valence-corrected chi connectivity index (χ0v) is 20.6. The molecule has 182 valence electrons. The Hall–Kier alpha value is -3.85. The van der Waals surface area contributed by atoms with Crippen LogP contribution in [0.25, 0.3) is 20.8 Å². The van der Waals surface area contributed by atoms with Gasteiger partial charge in [-0.15, -0.1) is 11.3 Å². The quantitative estimate of drug-likeness (QED) is 0.303. The SMILES string of the molecule is CC.CNc1ccc(Oc2ccnc3cc(-c4ccc(C=O)cn4)sc23)c(F)c1.O=CNC1CC1. The van der Waals surface area contributed by atoms with Crippen molar-refractivity contribution in [1.29, 1.82) is 0 Å². The van der Waals surface area contributed by atoms with Crippen molar-refractivity contribution in [2.24, 2.45) is 0 Å². The molecule has 35 heavy (non-hydrogen) atoms. The number of hydrogen-bond donors (Lipinski definition) is 2. The smallest absolute Gasteiger partial charge is 0.207 e. The summed E-state index contributed by atoms with van der Waals surface area (Å²) in [5.74, 6) is 0.219. The number of anilines is 1. The Balaban J connectivity index is 0.000000369. The summed E-state index contributed by atoms with van der Waals surface area (Å²) < 4.78 is 20.9. The van der Waals surface area contributed by atoms with Gasteiger partial charge in [0.15, 0.2) is 17.9 Å². The van der Waals surface area contributed by atoms with Crippen LogP contribution in [0, 0.1) is 5.82 Å². The van der Waals surface area contributed by atoms with Gasteiger partial charge in [-0.2, -0.15) is 0 Å². The Morgan fingerprint density at radius 1 is 1.06 bits per heavy atom. The molecule has 9 heteroatoms. The summed E-state index contributed by atoms with van der Waals surface area (Å²) in [5, 5.41) is 5.52. The number of pyridine rings is 2. The molecular weight excluding hydrogens is 467 g/mol. The van der Waals surface area contributed by atoms with E-state index in [2.05, 4.69) is 20.6 Å². The first-order chi connectivity index (χ1) is 17.1. The van der Waals surface area contributed by atoms with Crippen molar-refractivity contribution in [3.8, 4) is 22.1 Å². The van der Waals surface area contributed by atoms with E-state index in [0.717, 1.165) is 33.5 Å². The van der Waals surface area contributed by atoms with E-state index in [1.54, 1.807) is 43.6 Å². The van der Waals surface area contributed by atoms with E-state index >= 15 is 0 Å². The summed E-state index contributed by atoms with van der Waals surface area (Å²) in [6.07, 6.45) is 7.02. The molecule has 1 aliphatic rings. The highest BCUT2D eigenvalue weighted by atomic mass is 32.1. The third-order valence-electron chi connectivity index (χ3n) is 4.87. The van der Waals surface area contributed by atoms with Gasteiger partial charge in [0.05, 0.1) is 20.8 Å². The van der Waals surface area contributed by atoms with Crippen molar-refractivity contribution in [2.75, 3.05) is 12.4 Å². The molecule has 1 fully saturated rings. The number of ether oxygens (including phenoxy) is 1. The molecule has 0 bridgehead atoms. The number of nitrogens with one attached hydrogen (secondary N) is 2. The van der Waals surface area contributed by atoms with Gasteiger partial charge in [0.2, 0.25) is 6.41 Å². The lowest BCUT2D eigenvalue weighted by molar-refractivity contribution is -0.109. The second-order valence-corrected chi connectivity index (χ2v) is 8.34. The van der Waals surface area contributed by atoms with Crippen LogP contribution in [0.3, 0.4) is 0 Å². The minimum absolute atomic E-state index is 0.143. The lowest BCUT2D eigenvalue weighted by Crippen LogP contribution is -2.11. The third-order valence-corrected chi connectivity index (χ3v) is 6.03. The molecule has 0 spiro atoms. The highest BCUT2D eigenvalue weighted by Gasteiger charge is 2.19. The maximum atomic E-state index is 14.2. The minimum atomic E-state index is -0.449. The average molecular weight is 495 g/mol. The third kappa shape index (κ3) is 6.83.